The average Bonchev–Trinajstić information content (AvgIpc) is 3.27. The Bertz CT molecular complexity index is 1130. The molecule has 0 bridgehead atoms. The molecule has 42 heavy (non-hydrogen) atoms. The van der Waals surface area contributed by atoms with Gasteiger partial charge in [-0.3, -0.25) is 4.90 Å². The molecule has 1 N–H and O–H groups in total. The molecule has 1 aromatic rings. The molecule has 0 radical (unpaired) electrons. The summed E-state index contributed by atoms with van der Waals surface area (Å²) in [5.41, 5.74) is -0.587. The molecule has 0 aliphatic carbocycles. The largest absolute Gasteiger partial charge is 0.480 e. The van der Waals surface area contributed by atoms with E-state index in [1.807, 2.05) is 4.90 Å². The lowest BCUT2D eigenvalue weighted by atomic mass is 9.78. The number of rotatable bonds is 5. The number of hydrogen-bond donors (Lipinski definition) is 1. The van der Waals surface area contributed by atoms with Gasteiger partial charge in [-0.05, 0) is 68.2 Å². The van der Waals surface area contributed by atoms with Gasteiger partial charge in [-0.15, -0.1) is 0 Å². The summed E-state index contributed by atoms with van der Waals surface area (Å²) >= 11 is 0. The van der Waals surface area contributed by atoms with Crippen LogP contribution in [0, 0.1) is 5.41 Å². The molecule has 16 heteroatoms. The highest BCUT2D eigenvalue weighted by Crippen LogP contribution is 2.43. The van der Waals surface area contributed by atoms with E-state index in [-0.39, 0.29) is 44.7 Å². The van der Waals surface area contributed by atoms with Crippen LogP contribution in [0.3, 0.4) is 0 Å². The second kappa shape index (κ2) is 11.6. The minimum atomic E-state index is -5.81. The van der Waals surface area contributed by atoms with Gasteiger partial charge in [-0.1, -0.05) is 6.07 Å². The van der Waals surface area contributed by atoms with E-state index in [9.17, 15) is 54.2 Å². The predicted octanol–water partition coefficient (Wildman–Crippen LogP) is 6.07. The lowest BCUT2D eigenvalue weighted by Crippen LogP contribution is -2.50. The number of likely N-dealkylation sites (tertiary alicyclic amines) is 2. The number of amides is 1. The monoisotopic (exact) mass is 619 g/mol. The van der Waals surface area contributed by atoms with Gasteiger partial charge < -0.3 is 19.6 Å². The van der Waals surface area contributed by atoms with Crippen LogP contribution >= 0.6 is 0 Å². The lowest BCUT2D eigenvalue weighted by Gasteiger charge is -2.39. The van der Waals surface area contributed by atoms with Crippen molar-refractivity contribution in [1.82, 2.24) is 9.80 Å². The second-order valence-corrected chi connectivity index (χ2v) is 11.2. The summed E-state index contributed by atoms with van der Waals surface area (Å²) in [7, 11) is 0. The fourth-order valence-corrected chi connectivity index (χ4v) is 6.09. The lowest BCUT2D eigenvalue weighted by molar-refractivity contribution is -0.308. The molecule has 0 aromatic heterocycles. The zero-order valence-corrected chi connectivity index (χ0v) is 22.3. The van der Waals surface area contributed by atoms with Crippen molar-refractivity contribution in [1.29, 1.82) is 0 Å². The van der Waals surface area contributed by atoms with Crippen LogP contribution in [0.2, 0.25) is 0 Å². The smallest absolute Gasteiger partial charge is 0.434 e. The van der Waals surface area contributed by atoms with Gasteiger partial charge in [-0.2, -0.15) is 39.5 Å². The van der Waals surface area contributed by atoms with E-state index in [1.165, 1.54) is 11.0 Å². The molecule has 1 spiro atoms. The molecule has 7 nitrogen and oxygen atoms in total. The van der Waals surface area contributed by atoms with Crippen molar-refractivity contribution in [3.8, 4) is 0 Å². The minimum absolute atomic E-state index is 0.116. The Balaban J connectivity index is 1.44. The molecule has 1 aromatic carbocycles. The van der Waals surface area contributed by atoms with Gasteiger partial charge in [0.25, 0.3) is 6.10 Å². The third-order valence-corrected chi connectivity index (χ3v) is 8.32. The molecule has 4 rings (SSSR count). The van der Waals surface area contributed by atoms with E-state index in [0.29, 0.717) is 44.3 Å². The van der Waals surface area contributed by atoms with Crippen molar-refractivity contribution in [2.75, 3.05) is 37.6 Å². The summed E-state index contributed by atoms with van der Waals surface area (Å²) in [6.07, 6.45) is -19.5. The number of anilines is 1. The number of nitrogens with zero attached hydrogens (tertiary/aromatic N) is 3. The van der Waals surface area contributed by atoms with Crippen LogP contribution in [-0.2, 0) is 22.3 Å². The number of hydrogen-bond acceptors (Lipinski definition) is 5. The van der Waals surface area contributed by atoms with Crippen molar-refractivity contribution in [3.05, 3.63) is 29.3 Å². The maximum Gasteiger partial charge on any atom is 0.434 e. The Morgan fingerprint density at radius 1 is 0.929 bits per heavy atom. The number of carboxylic acids is 1. The van der Waals surface area contributed by atoms with Crippen molar-refractivity contribution in [3.63, 3.8) is 0 Å². The summed E-state index contributed by atoms with van der Waals surface area (Å²) in [5, 5.41) is 9.71. The van der Waals surface area contributed by atoms with E-state index < -0.39 is 53.7 Å². The predicted molar refractivity (Wildman–Crippen MR) is 130 cm³/mol. The number of piperidine rings is 2. The molecule has 3 aliphatic rings. The normalized spacial score (nSPS) is 22.2. The first-order valence-corrected chi connectivity index (χ1v) is 13.4. The van der Waals surface area contributed by atoms with Crippen molar-refractivity contribution in [2.45, 2.75) is 75.7 Å². The Labute approximate surface area is 235 Å². The molecule has 0 saturated carbocycles. The summed E-state index contributed by atoms with van der Waals surface area (Å²) in [4.78, 5) is 28.3. The van der Waals surface area contributed by atoms with Crippen molar-refractivity contribution >= 4 is 17.7 Å². The molecule has 3 fully saturated rings. The topological polar surface area (TPSA) is 73.3 Å². The number of ether oxygens (including phenoxy) is 1. The third kappa shape index (κ3) is 7.17. The SMILES string of the molecule is O=C(O)C1CCCCN1c1cc(C(F)(F)F)ccc1CN1CCC2(CCN(C(=O)OC(C(F)(F)F)C(F)(F)F)CC2)C1. The van der Waals surface area contributed by atoms with Gasteiger partial charge >= 0.3 is 30.6 Å². The van der Waals surface area contributed by atoms with Crippen LogP contribution in [0.15, 0.2) is 18.2 Å². The third-order valence-electron chi connectivity index (χ3n) is 8.32. The number of aliphatic carboxylic acids is 1. The van der Waals surface area contributed by atoms with Crippen LogP contribution in [0.5, 0.6) is 0 Å². The average molecular weight is 620 g/mol. The van der Waals surface area contributed by atoms with E-state index in [4.69, 9.17) is 0 Å². The minimum Gasteiger partial charge on any atom is -0.480 e. The standard InChI is InChI=1S/C26H30F9N3O4/c27-24(28,29)17-5-4-16(19(13-17)38-9-2-1-3-18(38)20(39)40)14-36-10-6-23(15-36)7-11-37(12-8-23)22(41)42-21(25(30,31)32)26(33,34)35/h4-5,13,18,21H,1-3,6-12,14-15H2,(H,39,40). The quantitative estimate of drug-likeness (QED) is 0.404. The van der Waals surface area contributed by atoms with Gasteiger partial charge in [-0.25, -0.2) is 9.59 Å². The Morgan fingerprint density at radius 3 is 2.12 bits per heavy atom. The van der Waals surface area contributed by atoms with Crippen LogP contribution in [0.25, 0.3) is 0 Å². The summed E-state index contributed by atoms with van der Waals surface area (Å²) in [6, 6.07) is 2.29. The Hall–Kier alpha value is -2.91. The van der Waals surface area contributed by atoms with E-state index in [2.05, 4.69) is 4.74 Å². The van der Waals surface area contributed by atoms with Crippen LogP contribution in [0.1, 0.15) is 49.7 Å². The first-order chi connectivity index (χ1) is 19.4. The second-order valence-electron chi connectivity index (χ2n) is 11.2. The number of carbonyl (C=O) groups excluding carboxylic acids is 1. The zero-order chi connectivity index (χ0) is 31.1. The van der Waals surface area contributed by atoms with Gasteiger partial charge in [0, 0.05) is 38.4 Å². The Kier molecular flexibility index (Phi) is 8.87. The van der Waals surface area contributed by atoms with E-state index in [1.54, 1.807) is 0 Å². The van der Waals surface area contributed by atoms with Crippen LogP contribution in [0.4, 0.5) is 50.0 Å². The summed E-state index contributed by atoms with van der Waals surface area (Å²) in [5.74, 6) is -1.12. The van der Waals surface area contributed by atoms with Gasteiger partial charge in [0.2, 0.25) is 0 Å². The van der Waals surface area contributed by atoms with Crippen LogP contribution in [-0.4, -0.2) is 84.2 Å². The molecule has 1 atom stereocenters. The highest BCUT2D eigenvalue weighted by Gasteiger charge is 2.60. The number of benzene rings is 1. The molecule has 236 valence electrons. The highest BCUT2D eigenvalue weighted by atomic mass is 19.4. The number of halogens is 9. The summed E-state index contributed by atoms with van der Waals surface area (Å²) < 4.78 is 121. The van der Waals surface area contributed by atoms with Crippen molar-refractivity contribution in [2.24, 2.45) is 5.41 Å². The van der Waals surface area contributed by atoms with Crippen molar-refractivity contribution < 1.29 is 58.9 Å². The number of carbonyl (C=O) groups is 2. The molecule has 3 aliphatic heterocycles. The Morgan fingerprint density at radius 2 is 1.55 bits per heavy atom. The fourth-order valence-electron chi connectivity index (χ4n) is 6.09. The zero-order valence-electron chi connectivity index (χ0n) is 22.3. The molecular formula is C26H30F9N3O4. The maximum absolute atomic E-state index is 13.5. The van der Waals surface area contributed by atoms with Gasteiger partial charge in [0.15, 0.2) is 0 Å². The molecule has 1 unspecified atom stereocenters. The van der Waals surface area contributed by atoms with E-state index in [0.717, 1.165) is 17.0 Å². The molecule has 3 heterocycles. The van der Waals surface area contributed by atoms with Gasteiger partial charge in [0.05, 0.1) is 5.56 Å². The highest BCUT2D eigenvalue weighted by molar-refractivity contribution is 5.79. The summed E-state index contributed by atoms with van der Waals surface area (Å²) in [6.45, 7) is 1.21. The van der Waals surface area contributed by atoms with E-state index >= 15 is 0 Å². The maximum atomic E-state index is 13.5. The molecule has 1 amide bonds. The fraction of sp³-hybridized carbons (Fsp3) is 0.692. The van der Waals surface area contributed by atoms with Gasteiger partial charge in [0.1, 0.15) is 6.04 Å². The molecule has 3 saturated heterocycles. The first kappa shape index (κ1) is 32.0. The first-order valence-electron chi connectivity index (χ1n) is 13.4. The van der Waals surface area contributed by atoms with Crippen LogP contribution < -0.4 is 4.90 Å². The number of carboxylic acid groups (broad SMARTS) is 1. The molecular weight excluding hydrogens is 589 g/mol. The number of alkyl halides is 9.